The lowest BCUT2D eigenvalue weighted by Crippen LogP contribution is -2.30. The summed E-state index contributed by atoms with van der Waals surface area (Å²) in [6.45, 7) is 3.80. The van der Waals surface area contributed by atoms with Gasteiger partial charge in [0, 0.05) is 37.8 Å². The molecule has 0 unspecified atom stereocenters. The molecule has 0 bridgehead atoms. The van der Waals surface area contributed by atoms with Gasteiger partial charge in [0.15, 0.2) is 0 Å². The molecular formula is C23H26F3N3O2. The van der Waals surface area contributed by atoms with Crippen LogP contribution in [0.25, 0.3) is 0 Å². The first-order valence-corrected chi connectivity index (χ1v) is 10.3. The van der Waals surface area contributed by atoms with Gasteiger partial charge in [0.2, 0.25) is 0 Å². The van der Waals surface area contributed by atoms with E-state index in [9.17, 15) is 22.8 Å². The molecule has 3 rings (SSSR count). The molecule has 8 heteroatoms. The summed E-state index contributed by atoms with van der Waals surface area (Å²) in [5.74, 6) is -0.795. The molecule has 5 nitrogen and oxygen atoms in total. The predicted molar refractivity (Wildman–Crippen MR) is 115 cm³/mol. The number of amides is 2. The molecule has 0 spiro atoms. The topological polar surface area (TPSA) is 52.7 Å². The summed E-state index contributed by atoms with van der Waals surface area (Å²) in [4.78, 5) is 28.8. The summed E-state index contributed by atoms with van der Waals surface area (Å²) < 4.78 is 39.9. The van der Waals surface area contributed by atoms with Gasteiger partial charge in [0.25, 0.3) is 11.8 Å². The second-order valence-electron chi connectivity index (χ2n) is 7.63. The lowest BCUT2D eigenvalue weighted by atomic mass is 10.1. The summed E-state index contributed by atoms with van der Waals surface area (Å²) in [5.41, 5.74) is 0.412. The third-order valence-corrected chi connectivity index (χ3v) is 5.46. The van der Waals surface area contributed by atoms with Crippen molar-refractivity contribution in [1.82, 2.24) is 4.90 Å². The highest BCUT2D eigenvalue weighted by atomic mass is 19.4. The highest BCUT2D eigenvalue weighted by molar-refractivity contribution is 6.07. The van der Waals surface area contributed by atoms with E-state index in [1.807, 2.05) is 11.8 Å². The standard InChI is InChI=1S/C23H26F3N3O2/c1-3-28(2)22(31)17-9-7-8-16(14-17)21(30)27-19-15-18(23(24,25)26)10-11-20(19)29-12-5-4-6-13-29/h7-11,14-15H,3-6,12-13H2,1-2H3,(H,27,30). The fourth-order valence-electron chi connectivity index (χ4n) is 3.57. The zero-order valence-electron chi connectivity index (χ0n) is 17.6. The van der Waals surface area contributed by atoms with E-state index in [1.165, 1.54) is 23.1 Å². The molecule has 31 heavy (non-hydrogen) atoms. The first-order chi connectivity index (χ1) is 14.7. The Labute approximate surface area is 179 Å². The Kier molecular flexibility index (Phi) is 6.87. The number of nitrogens with one attached hydrogen (secondary N) is 1. The Morgan fingerprint density at radius 1 is 1.03 bits per heavy atom. The second-order valence-corrected chi connectivity index (χ2v) is 7.63. The van der Waals surface area contributed by atoms with Gasteiger partial charge in [-0.15, -0.1) is 0 Å². The quantitative estimate of drug-likeness (QED) is 0.719. The first-order valence-electron chi connectivity index (χ1n) is 10.3. The molecule has 166 valence electrons. The number of hydrogen-bond acceptors (Lipinski definition) is 3. The Morgan fingerprint density at radius 3 is 2.35 bits per heavy atom. The van der Waals surface area contributed by atoms with Crippen LogP contribution in [0.1, 0.15) is 52.5 Å². The van der Waals surface area contributed by atoms with Crippen LogP contribution in [0, 0.1) is 0 Å². The van der Waals surface area contributed by atoms with Crippen LogP contribution in [-0.2, 0) is 6.18 Å². The van der Waals surface area contributed by atoms with Gasteiger partial charge >= 0.3 is 6.18 Å². The lowest BCUT2D eigenvalue weighted by molar-refractivity contribution is -0.137. The first kappa shape index (κ1) is 22.7. The fraction of sp³-hybridized carbons (Fsp3) is 0.391. The van der Waals surface area contributed by atoms with Gasteiger partial charge in [0.05, 0.1) is 16.9 Å². The van der Waals surface area contributed by atoms with E-state index in [0.717, 1.165) is 44.5 Å². The fourth-order valence-corrected chi connectivity index (χ4v) is 3.57. The molecule has 0 aromatic heterocycles. The number of carbonyl (C=O) groups is 2. The van der Waals surface area contributed by atoms with Crippen molar-refractivity contribution in [2.24, 2.45) is 0 Å². The molecule has 1 N–H and O–H groups in total. The zero-order chi connectivity index (χ0) is 22.6. The highest BCUT2D eigenvalue weighted by Gasteiger charge is 2.32. The number of hydrogen-bond donors (Lipinski definition) is 1. The highest BCUT2D eigenvalue weighted by Crippen LogP contribution is 2.36. The Balaban J connectivity index is 1.91. The summed E-state index contributed by atoms with van der Waals surface area (Å²) in [6.07, 6.45) is -1.55. The van der Waals surface area contributed by atoms with Crippen LogP contribution in [0.4, 0.5) is 24.5 Å². The number of rotatable bonds is 5. The average Bonchev–Trinajstić information content (AvgIpc) is 2.78. The van der Waals surface area contributed by atoms with Crippen LogP contribution in [0.2, 0.25) is 0 Å². The third-order valence-electron chi connectivity index (χ3n) is 5.46. The van der Waals surface area contributed by atoms with Crippen molar-refractivity contribution in [3.63, 3.8) is 0 Å². The van der Waals surface area contributed by atoms with Gasteiger partial charge in [-0.1, -0.05) is 6.07 Å². The van der Waals surface area contributed by atoms with Gasteiger partial charge < -0.3 is 15.1 Å². The summed E-state index contributed by atoms with van der Waals surface area (Å²) >= 11 is 0. The zero-order valence-corrected chi connectivity index (χ0v) is 17.6. The molecule has 2 aromatic rings. The molecular weight excluding hydrogens is 407 g/mol. The monoisotopic (exact) mass is 433 g/mol. The number of halogens is 3. The number of piperidine rings is 1. The smallest absolute Gasteiger partial charge is 0.370 e. The summed E-state index contributed by atoms with van der Waals surface area (Å²) in [5, 5.41) is 2.64. The molecule has 0 saturated carbocycles. The number of alkyl halides is 3. The van der Waals surface area contributed by atoms with Crippen molar-refractivity contribution in [3.8, 4) is 0 Å². The minimum absolute atomic E-state index is 0.115. The van der Waals surface area contributed by atoms with Gasteiger partial charge in [0.1, 0.15) is 0 Å². The van der Waals surface area contributed by atoms with Crippen molar-refractivity contribution in [2.75, 3.05) is 36.9 Å². The minimum Gasteiger partial charge on any atom is -0.370 e. The molecule has 1 saturated heterocycles. The summed E-state index contributed by atoms with van der Waals surface area (Å²) in [6, 6.07) is 9.61. The molecule has 1 aliphatic heterocycles. The number of benzene rings is 2. The van der Waals surface area contributed by atoms with Crippen molar-refractivity contribution in [2.45, 2.75) is 32.4 Å². The molecule has 1 aliphatic rings. The predicted octanol–water partition coefficient (Wildman–Crippen LogP) is 5.04. The van der Waals surface area contributed by atoms with Crippen LogP contribution in [0.15, 0.2) is 42.5 Å². The van der Waals surface area contributed by atoms with E-state index in [2.05, 4.69) is 5.32 Å². The number of carbonyl (C=O) groups excluding carboxylic acids is 2. The SMILES string of the molecule is CCN(C)C(=O)c1cccc(C(=O)Nc2cc(C(F)(F)F)ccc2N2CCCCC2)c1. The van der Waals surface area contributed by atoms with Crippen LogP contribution >= 0.6 is 0 Å². The van der Waals surface area contributed by atoms with E-state index < -0.39 is 17.6 Å². The van der Waals surface area contributed by atoms with E-state index in [1.54, 1.807) is 19.2 Å². The van der Waals surface area contributed by atoms with Gasteiger partial charge in [-0.25, -0.2) is 0 Å². The van der Waals surface area contributed by atoms with Crippen molar-refractivity contribution in [1.29, 1.82) is 0 Å². The maximum absolute atomic E-state index is 13.3. The van der Waals surface area contributed by atoms with Crippen molar-refractivity contribution >= 4 is 23.2 Å². The van der Waals surface area contributed by atoms with Crippen LogP contribution in [0.3, 0.4) is 0 Å². The molecule has 2 aromatic carbocycles. The maximum Gasteiger partial charge on any atom is 0.416 e. The van der Waals surface area contributed by atoms with Crippen molar-refractivity contribution < 1.29 is 22.8 Å². The largest absolute Gasteiger partial charge is 0.416 e. The molecule has 0 aliphatic carbocycles. The lowest BCUT2D eigenvalue weighted by Gasteiger charge is -2.31. The van der Waals surface area contributed by atoms with Gasteiger partial charge in [-0.05, 0) is 62.6 Å². The van der Waals surface area contributed by atoms with Gasteiger partial charge in [-0.3, -0.25) is 9.59 Å². The number of anilines is 2. The Bertz CT molecular complexity index is 953. The van der Waals surface area contributed by atoms with E-state index in [0.29, 0.717) is 17.8 Å². The second kappa shape index (κ2) is 9.41. The molecule has 1 heterocycles. The summed E-state index contributed by atoms with van der Waals surface area (Å²) in [7, 11) is 1.66. The van der Waals surface area contributed by atoms with E-state index in [4.69, 9.17) is 0 Å². The van der Waals surface area contributed by atoms with E-state index in [-0.39, 0.29) is 17.2 Å². The Morgan fingerprint density at radius 2 is 1.71 bits per heavy atom. The maximum atomic E-state index is 13.3. The van der Waals surface area contributed by atoms with Crippen LogP contribution in [0.5, 0.6) is 0 Å². The minimum atomic E-state index is -4.52. The number of nitrogens with zero attached hydrogens (tertiary/aromatic N) is 2. The van der Waals surface area contributed by atoms with E-state index >= 15 is 0 Å². The average molecular weight is 433 g/mol. The normalized spacial score (nSPS) is 14.3. The van der Waals surface area contributed by atoms with Crippen molar-refractivity contribution in [3.05, 3.63) is 59.2 Å². The third kappa shape index (κ3) is 5.37. The molecule has 2 amide bonds. The Hall–Kier alpha value is -3.03. The van der Waals surface area contributed by atoms with Crippen LogP contribution in [-0.4, -0.2) is 43.4 Å². The molecule has 1 fully saturated rings. The van der Waals surface area contributed by atoms with Crippen LogP contribution < -0.4 is 10.2 Å². The molecule has 0 radical (unpaired) electrons. The molecule has 0 atom stereocenters. The van der Waals surface area contributed by atoms with Gasteiger partial charge in [-0.2, -0.15) is 13.2 Å².